The minimum atomic E-state index is -0.193. The summed E-state index contributed by atoms with van der Waals surface area (Å²) in [7, 11) is 0. The molecule has 0 saturated carbocycles. The van der Waals surface area contributed by atoms with E-state index in [0.717, 1.165) is 9.35 Å². The van der Waals surface area contributed by atoms with Crippen LogP contribution in [0.1, 0.15) is 36.4 Å². The van der Waals surface area contributed by atoms with E-state index >= 15 is 0 Å². The number of rotatable bonds is 4. The van der Waals surface area contributed by atoms with E-state index in [4.69, 9.17) is 0 Å². The highest BCUT2D eigenvalue weighted by molar-refractivity contribution is 9.11. The summed E-state index contributed by atoms with van der Waals surface area (Å²) in [6.07, 6.45) is 0. The molecule has 0 bridgehead atoms. The largest absolute Gasteiger partial charge is 0.303 e. The fourth-order valence-electron chi connectivity index (χ4n) is 1.87. The molecule has 2 atom stereocenters. The van der Waals surface area contributed by atoms with Gasteiger partial charge in [-0.1, -0.05) is 12.1 Å². The summed E-state index contributed by atoms with van der Waals surface area (Å²) < 4.78 is 14.0. The van der Waals surface area contributed by atoms with Gasteiger partial charge in [-0.05, 0) is 59.6 Å². The van der Waals surface area contributed by atoms with Gasteiger partial charge in [0.05, 0.1) is 3.79 Å². The van der Waals surface area contributed by atoms with Gasteiger partial charge >= 0.3 is 0 Å². The lowest BCUT2D eigenvalue weighted by molar-refractivity contribution is 0.499. The van der Waals surface area contributed by atoms with E-state index in [0.29, 0.717) is 0 Å². The quantitative estimate of drug-likeness (QED) is 0.827. The fourth-order valence-corrected chi connectivity index (χ4v) is 3.30. The Kier molecular flexibility index (Phi) is 4.54. The van der Waals surface area contributed by atoms with Crippen LogP contribution in [0.15, 0.2) is 40.2 Å². The molecule has 0 fully saturated rings. The zero-order chi connectivity index (χ0) is 13.1. The summed E-state index contributed by atoms with van der Waals surface area (Å²) in [6.45, 7) is 4.23. The summed E-state index contributed by atoms with van der Waals surface area (Å²) in [4.78, 5) is 1.29. The summed E-state index contributed by atoms with van der Waals surface area (Å²) in [6, 6.07) is 11.3. The topological polar surface area (TPSA) is 12.0 Å². The monoisotopic (exact) mass is 327 g/mol. The first-order valence-electron chi connectivity index (χ1n) is 5.83. The van der Waals surface area contributed by atoms with E-state index in [1.54, 1.807) is 11.3 Å². The normalized spacial score (nSPS) is 14.4. The molecule has 1 unspecified atom stereocenters. The van der Waals surface area contributed by atoms with Gasteiger partial charge in [-0.25, -0.2) is 4.39 Å². The maximum Gasteiger partial charge on any atom is 0.123 e. The molecule has 1 aromatic heterocycles. The van der Waals surface area contributed by atoms with Crippen molar-refractivity contribution in [2.75, 3.05) is 0 Å². The molecule has 0 aliphatic rings. The van der Waals surface area contributed by atoms with Crippen LogP contribution in [0.25, 0.3) is 0 Å². The number of benzene rings is 1. The number of hydrogen-bond donors (Lipinski definition) is 1. The minimum absolute atomic E-state index is 0.193. The molecule has 0 amide bonds. The third kappa shape index (κ3) is 3.40. The van der Waals surface area contributed by atoms with E-state index in [1.807, 2.05) is 12.1 Å². The molecule has 0 saturated heterocycles. The summed E-state index contributed by atoms with van der Waals surface area (Å²) in [5.74, 6) is -0.193. The Labute approximate surface area is 119 Å². The Balaban J connectivity index is 2.02. The number of halogens is 2. The van der Waals surface area contributed by atoms with Crippen molar-refractivity contribution in [3.63, 3.8) is 0 Å². The Morgan fingerprint density at radius 1 is 1.06 bits per heavy atom. The van der Waals surface area contributed by atoms with E-state index in [1.165, 1.54) is 17.0 Å². The first kappa shape index (κ1) is 13.7. The Morgan fingerprint density at radius 2 is 1.72 bits per heavy atom. The Hall–Kier alpha value is -0.710. The average Bonchev–Trinajstić information content (AvgIpc) is 2.76. The van der Waals surface area contributed by atoms with Crippen LogP contribution in [-0.2, 0) is 0 Å². The predicted molar refractivity (Wildman–Crippen MR) is 78.4 cm³/mol. The van der Waals surface area contributed by atoms with Crippen molar-refractivity contribution in [2.24, 2.45) is 0 Å². The summed E-state index contributed by atoms with van der Waals surface area (Å²) in [5, 5.41) is 3.51. The van der Waals surface area contributed by atoms with Gasteiger partial charge in [0.25, 0.3) is 0 Å². The Morgan fingerprint density at radius 3 is 2.28 bits per heavy atom. The van der Waals surface area contributed by atoms with Crippen LogP contribution in [0.4, 0.5) is 4.39 Å². The second-order valence-corrected chi connectivity index (χ2v) is 6.80. The highest BCUT2D eigenvalue weighted by atomic mass is 79.9. The van der Waals surface area contributed by atoms with Gasteiger partial charge in [-0.3, -0.25) is 0 Å². The van der Waals surface area contributed by atoms with E-state index in [9.17, 15) is 4.39 Å². The van der Waals surface area contributed by atoms with Crippen LogP contribution < -0.4 is 5.32 Å². The zero-order valence-electron chi connectivity index (χ0n) is 10.3. The van der Waals surface area contributed by atoms with E-state index < -0.39 is 0 Å². The SMILES string of the molecule is CC(N[C@H](C)c1ccc(F)cc1)c1ccc(Br)s1. The van der Waals surface area contributed by atoms with Crippen molar-refractivity contribution in [3.8, 4) is 0 Å². The van der Waals surface area contributed by atoms with Crippen LogP contribution in [-0.4, -0.2) is 0 Å². The van der Waals surface area contributed by atoms with E-state index in [-0.39, 0.29) is 17.9 Å². The molecule has 1 heterocycles. The molecule has 2 aromatic rings. The number of thiophene rings is 1. The molecule has 96 valence electrons. The smallest absolute Gasteiger partial charge is 0.123 e. The van der Waals surface area contributed by atoms with Gasteiger partial charge in [0.15, 0.2) is 0 Å². The predicted octanol–water partition coefficient (Wildman–Crippen LogP) is 5.06. The van der Waals surface area contributed by atoms with Gasteiger partial charge in [0, 0.05) is 17.0 Å². The van der Waals surface area contributed by atoms with Crippen molar-refractivity contribution in [1.82, 2.24) is 5.32 Å². The average molecular weight is 328 g/mol. The standard InChI is InChI=1S/C14H15BrFNS/c1-9(11-3-5-12(16)6-4-11)17-10(2)13-7-8-14(15)18-13/h3-10,17H,1-2H3/t9-,10?/m1/s1. The molecule has 2 rings (SSSR count). The molecule has 18 heavy (non-hydrogen) atoms. The molecule has 1 N–H and O–H groups in total. The van der Waals surface area contributed by atoms with Crippen molar-refractivity contribution < 1.29 is 4.39 Å². The van der Waals surface area contributed by atoms with Gasteiger partial charge < -0.3 is 5.32 Å². The highest BCUT2D eigenvalue weighted by Gasteiger charge is 2.12. The maximum absolute atomic E-state index is 12.9. The second-order valence-electron chi connectivity index (χ2n) is 4.30. The van der Waals surface area contributed by atoms with Crippen LogP contribution in [0, 0.1) is 5.82 Å². The van der Waals surface area contributed by atoms with Crippen molar-refractivity contribution in [1.29, 1.82) is 0 Å². The lowest BCUT2D eigenvalue weighted by Crippen LogP contribution is -2.21. The first-order valence-corrected chi connectivity index (χ1v) is 7.44. The van der Waals surface area contributed by atoms with Crippen LogP contribution in [0.5, 0.6) is 0 Å². The molecular weight excluding hydrogens is 313 g/mol. The fraction of sp³-hybridized carbons (Fsp3) is 0.286. The van der Waals surface area contributed by atoms with Crippen molar-refractivity contribution in [2.45, 2.75) is 25.9 Å². The molecule has 0 radical (unpaired) electrons. The lowest BCUT2D eigenvalue weighted by Gasteiger charge is -2.19. The van der Waals surface area contributed by atoms with Gasteiger partial charge in [0.2, 0.25) is 0 Å². The molecule has 1 aromatic carbocycles. The van der Waals surface area contributed by atoms with E-state index in [2.05, 4.69) is 47.2 Å². The van der Waals surface area contributed by atoms with Crippen LogP contribution in [0.2, 0.25) is 0 Å². The van der Waals surface area contributed by atoms with Crippen molar-refractivity contribution >= 4 is 27.3 Å². The molecule has 0 aliphatic heterocycles. The third-order valence-corrected chi connectivity index (χ3v) is 4.70. The highest BCUT2D eigenvalue weighted by Crippen LogP contribution is 2.28. The number of hydrogen-bond acceptors (Lipinski definition) is 2. The molecule has 4 heteroatoms. The minimum Gasteiger partial charge on any atom is -0.303 e. The van der Waals surface area contributed by atoms with Crippen LogP contribution >= 0.6 is 27.3 Å². The van der Waals surface area contributed by atoms with Crippen molar-refractivity contribution in [3.05, 3.63) is 56.4 Å². The zero-order valence-corrected chi connectivity index (χ0v) is 12.7. The number of nitrogens with one attached hydrogen (secondary N) is 1. The second kappa shape index (κ2) is 5.95. The molecular formula is C14H15BrFNS. The molecule has 1 nitrogen and oxygen atoms in total. The Bertz CT molecular complexity index is 509. The summed E-state index contributed by atoms with van der Waals surface area (Å²) >= 11 is 5.20. The van der Waals surface area contributed by atoms with Gasteiger partial charge in [-0.2, -0.15) is 0 Å². The molecule has 0 aliphatic carbocycles. The third-order valence-electron chi connectivity index (χ3n) is 2.89. The lowest BCUT2D eigenvalue weighted by atomic mass is 10.1. The summed E-state index contributed by atoms with van der Waals surface area (Å²) in [5.41, 5.74) is 1.10. The first-order chi connectivity index (χ1) is 8.56. The van der Waals surface area contributed by atoms with Gasteiger partial charge in [0.1, 0.15) is 5.82 Å². The van der Waals surface area contributed by atoms with Crippen LogP contribution in [0.3, 0.4) is 0 Å². The van der Waals surface area contributed by atoms with Gasteiger partial charge in [-0.15, -0.1) is 11.3 Å². The maximum atomic E-state index is 12.9. The molecule has 0 spiro atoms.